The Hall–Kier alpha value is -2.66. The van der Waals surface area contributed by atoms with Gasteiger partial charge in [-0.25, -0.2) is 9.18 Å². The Balaban J connectivity index is 1.79. The lowest BCUT2D eigenvalue weighted by molar-refractivity contribution is -0.142. The molecule has 2 aromatic carbocycles. The van der Waals surface area contributed by atoms with E-state index in [-0.39, 0.29) is 0 Å². The molecule has 0 saturated heterocycles. The van der Waals surface area contributed by atoms with Crippen molar-refractivity contribution in [3.8, 4) is 0 Å². The highest BCUT2D eigenvalue weighted by atomic mass is 35.5. The van der Waals surface area contributed by atoms with Crippen LogP contribution in [0.2, 0.25) is 5.02 Å². The van der Waals surface area contributed by atoms with Gasteiger partial charge in [0.05, 0.1) is 0 Å². The Morgan fingerprint density at radius 3 is 2.61 bits per heavy atom. The first-order valence-electron chi connectivity index (χ1n) is 6.69. The quantitative estimate of drug-likeness (QED) is 0.671. The minimum atomic E-state index is -0.658. The summed E-state index contributed by atoms with van der Waals surface area (Å²) in [5.41, 5.74) is 1.07. The van der Waals surface area contributed by atoms with E-state index in [0.717, 1.165) is 5.56 Å². The molecule has 0 atom stereocenters. The zero-order chi connectivity index (χ0) is 16.7. The van der Waals surface area contributed by atoms with E-state index in [4.69, 9.17) is 16.3 Å². The summed E-state index contributed by atoms with van der Waals surface area (Å²) in [6, 6.07) is 12.3. The van der Waals surface area contributed by atoms with Crippen molar-refractivity contribution in [1.82, 2.24) is 0 Å². The molecule has 6 heteroatoms. The van der Waals surface area contributed by atoms with Crippen LogP contribution in [-0.2, 0) is 14.3 Å². The molecule has 1 N–H and O–H groups in total. The topological polar surface area (TPSA) is 55.4 Å². The summed E-state index contributed by atoms with van der Waals surface area (Å²) in [6.07, 6.45) is 2.75. The maximum atomic E-state index is 13.0. The normalized spacial score (nSPS) is 10.5. The van der Waals surface area contributed by atoms with Crippen molar-refractivity contribution in [3.05, 3.63) is 71.0 Å². The molecule has 4 nitrogen and oxygen atoms in total. The summed E-state index contributed by atoms with van der Waals surface area (Å²) < 4.78 is 17.8. The van der Waals surface area contributed by atoms with Crippen molar-refractivity contribution >= 4 is 35.2 Å². The molecule has 0 aliphatic rings. The molecule has 0 bridgehead atoms. The van der Waals surface area contributed by atoms with Crippen molar-refractivity contribution in [2.24, 2.45) is 0 Å². The number of carbonyl (C=O) groups is 2. The van der Waals surface area contributed by atoms with Crippen molar-refractivity contribution < 1.29 is 18.7 Å². The number of anilines is 1. The highest BCUT2D eigenvalue weighted by molar-refractivity contribution is 6.30. The average molecular weight is 334 g/mol. The molecule has 2 rings (SSSR count). The third-order valence-electron chi connectivity index (χ3n) is 2.74. The number of hydrogen-bond acceptors (Lipinski definition) is 3. The maximum absolute atomic E-state index is 13.0. The molecule has 2 aromatic rings. The van der Waals surface area contributed by atoms with Crippen molar-refractivity contribution in [2.45, 2.75) is 0 Å². The van der Waals surface area contributed by atoms with Crippen LogP contribution in [0.3, 0.4) is 0 Å². The van der Waals surface area contributed by atoms with E-state index in [1.165, 1.54) is 30.3 Å². The van der Waals surface area contributed by atoms with E-state index in [1.54, 1.807) is 30.3 Å². The molecule has 0 saturated carbocycles. The highest BCUT2D eigenvalue weighted by Crippen LogP contribution is 2.11. The van der Waals surface area contributed by atoms with Crippen molar-refractivity contribution in [2.75, 3.05) is 11.9 Å². The van der Waals surface area contributed by atoms with Crippen LogP contribution in [0.25, 0.3) is 6.08 Å². The molecule has 0 aliphatic carbocycles. The van der Waals surface area contributed by atoms with E-state index < -0.39 is 24.3 Å². The van der Waals surface area contributed by atoms with Gasteiger partial charge in [0.2, 0.25) is 0 Å². The lowest BCUT2D eigenvalue weighted by atomic mass is 10.2. The third-order valence-corrected chi connectivity index (χ3v) is 2.99. The molecule has 0 spiro atoms. The lowest BCUT2D eigenvalue weighted by Crippen LogP contribution is -2.20. The zero-order valence-corrected chi connectivity index (χ0v) is 12.7. The van der Waals surface area contributed by atoms with Crippen molar-refractivity contribution in [1.29, 1.82) is 0 Å². The van der Waals surface area contributed by atoms with Crippen LogP contribution in [0, 0.1) is 5.82 Å². The number of esters is 1. The number of ether oxygens (including phenoxy) is 1. The van der Waals surface area contributed by atoms with E-state index >= 15 is 0 Å². The first kappa shape index (κ1) is 16.7. The van der Waals surface area contributed by atoms with Crippen LogP contribution in [0.1, 0.15) is 5.56 Å². The van der Waals surface area contributed by atoms with Crippen LogP contribution in [-0.4, -0.2) is 18.5 Å². The number of nitrogens with one attached hydrogen (secondary N) is 1. The summed E-state index contributed by atoms with van der Waals surface area (Å²) in [7, 11) is 0. The fraction of sp³-hybridized carbons (Fsp3) is 0.0588. The second-order valence-electron chi connectivity index (χ2n) is 4.55. The number of rotatable bonds is 5. The predicted molar refractivity (Wildman–Crippen MR) is 86.5 cm³/mol. The smallest absolute Gasteiger partial charge is 0.331 e. The van der Waals surface area contributed by atoms with Crippen LogP contribution < -0.4 is 5.32 Å². The van der Waals surface area contributed by atoms with Gasteiger partial charge < -0.3 is 10.1 Å². The maximum Gasteiger partial charge on any atom is 0.331 e. The molecule has 0 heterocycles. The van der Waals surface area contributed by atoms with Crippen molar-refractivity contribution in [3.63, 3.8) is 0 Å². The molecule has 0 fully saturated rings. The molecule has 23 heavy (non-hydrogen) atoms. The van der Waals surface area contributed by atoms with Gasteiger partial charge in [-0.15, -0.1) is 0 Å². The molecular weight excluding hydrogens is 321 g/mol. The van der Waals surface area contributed by atoms with E-state index in [9.17, 15) is 14.0 Å². The summed E-state index contributed by atoms with van der Waals surface area (Å²) >= 11 is 5.75. The predicted octanol–water partition coefficient (Wildman–Crippen LogP) is 3.67. The van der Waals surface area contributed by atoms with Gasteiger partial charge in [0.1, 0.15) is 5.82 Å². The van der Waals surface area contributed by atoms with Crippen LogP contribution in [0.5, 0.6) is 0 Å². The number of benzene rings is 2. The fourth-order valence-corrected chi connectivity index (χ4v) is 1.81. The van der Waals surface area contributed by atoms with Gasteiger partial charge in [-0.1, -0.05) is 29.8 Å². The minimum absolute atomic E-state index is 0.294. The first-order chi connectivity index (χ1) is 11.0. The second kappa shape index (κ2) is 8.10. The van der Waals surface area contributed by atoms with Crippen LogP contribution >= 0.6 is 11.6 Å². The second-order valence-corrected chi connectivity index (χ2v) is 4.99. The monoisotopic (exact) mass is 333 g/mol. The highest BCUT2D eigenvalue weighted by Gasteiger charge is 2.06. The Kier molecular flexibility index (Phi) is 5.88. The Morgan fingerprint density at radius 1 is 1.17 bits per heavy atom. The first-order valence-corrected chi connectivity index (χ1v) is 7.06. The van der Waals surface area contributed by atoms with E-state index in [2.05, 4.69) is 5.32 Å². The van der Waals surface area contributed by atoms with E-state index in [0.29, 0.717) is 10.7 Å². The summed E-state index contributed by atoms with van der Waals surface area (Å²) in [6.45, 7) is -0.458. The fourth-order valence-electron chi connectivity index (χ4n) is 1.69. The van der Waals surface area contributed by atoms with Gasteiger partial charge in [-0.05, 0) is 42.0 Å². The van der Waals surface area contributed by atoms with Crippen LogP contribution in [0.4, 0.5) is 10.1 Å². The van der Waals surface area contributed by atoms with Gasteiger partial charge in [-0.3, -0.25) is 4.79 Å². The summed E-state index contributed by atoms with van der Waals surface area (Å²) in [5, 5.41) is 3.02. The van der Waals surface area contributed by atoms with Gasteiger partial charge in [0.25, 0.3) is 5.91 Å². The van der Waals surface area contributed by atoms with E-state index in [1.807, 2.05) is 0 Å². The Labute approximate surface area is 137 Å². The lowest BCUT2D eigenvalue weighted by Gasteiger charge is -2.05. The molecular formula is C17H13ClFNO3. The number of carbonyl (C=O) groups excluding carboxylic acids is 2. The summed E-state index contributed by atoms with van der Waals surface area (Å²) in [4.78, 5) is 23.1. The number of halogens is 2. The zero-order valence-electron chi connectivity index (χ0n) is 12.0. The molecule has 0 aliphatic heterocycles. The van der Waals surface area contributed by atoms with Gasteiger partial charge in [-0.2, -0.15) is 0 Å². The Bertz CT molecular complexity index is 729. The molecule has 1 amide bonds. The van der Waals surface area contributed by atoms with Crippen LogP contribution in [0.15, 0.2) is 54.6 Å². The molecule has 0 radical (unpaired) electrons. The minimum Gasteiger partial charge on any atom is -0.452 e. The number of hydrogen-bond donors (Lipinski definition) is 1. The van der Waals surface area contributed by atoms with Gasteiger partial charge >= 0.3 is 5.97 Å². The molecule has 0 aromatic heterocycles. The Morgan fingerprint density at radius 2 is 1.91 bits per heavy atom. The third kappa shape index (κ3) is 5.92. The largest absolute Gasteiger partial charge is 0.452 e. The summed E-state index contributed by atoms with van der Waals surface area (Å²) in [5.74, 6) is -1.68. The number of amides is 1. The van der Waals surface area contributed by atoms with Gasteiger partial charge in [0, 0.05) is 16.8 Å². The average Bonchev–Trinajstić information content (AvgIpc) is 2.52. The molecule has 0 unspecified atom stereocenters. The SMILES string of the molecule is O=C(COC(=O)/C=C/c1ccc(Cl)cc1)Nc1cccc(F)c1. The molecule has 118 valence electrons. The standard InChI is InChI=1S/C17H13ClFNO3/c18-13-7-4-12(5-8-13)6-9-17(22)23-11-16(21)20-15-3-1-2-14(19)10-15/h1-10H,11H2,(H,20,21)/b9-6+. The van der Waals surface area contributed by atoms with Gasteiger partial charge in [0.15, 0.2) is 6.61 Å².